The van der Waals surface area contributed by atoms with Crippen molar-refractivity contribution in [3.8, 4) is 0 Å². The Kier molecular flexibility index (Phi) is 3.75. The zero-order chi connectivity index (χ0) is 16.1. The molecule has 4 fully saturated rings. The predicted octanol–water partition coefficient (Wildman–Crippen LogP) is 4.96. The fourth-order valence-corrected chi connectivity index (χ4v) is 4.67. The molecular weight excluding hydrogens is 315 g/mol. The first-order valence-electron chi connectivity index (χ1n) is 8.54. The summed E-state index contributed by atoms with van der Waals surface area (Å²) in [6.45, 7) is 2.26. The molecule has 2 aliphatic carbocycles. The summed E-state index contributed by atoms with van der Waals surface area (Å²) in [7, 11) is 0. The van der Waals surface area contributed by atoms with E-state index in [-0.39, 0.29) is 11.9 Å². The largest absolute Gasteiger partial charge is 0.322 e. The number of nitrogens with one attached hydrogen (secondary N) is 1. The third kappa shape index (κ3) is 2.71. The minimum absolute atomic E-state index is 0.0107. The lowest BCUT2D eigenvalue weighted by atomic mass is 9.74. The first-order valence-corrected chi connectivity index (χ1v) is 8.92. The van der Waals surface area contributed by atoms with Crippen LogP contribution in [-0.2, 0) is 0 Å². The Hall–Kier alpha value is -1.29. The van der Waals surface area contributed by atoms with Gasteiger partial charge in [-0.1, -0.05) is 18.5 Å². The quantitative estimate of drug-likeness (QED) is 0.813. The van der Waals surface area contributed by atoms with Crippen LogP contribution in [0.5, 0.6) is 0 Å². The number of amides is 2. The van der Waals surface area contributed by atoms with Crippen molar-refractivity contribution in [1.82, 2.24) is 4.90 Å². The average molecular weight is 337 g/mol. The molecule has 1 aromatic carbocycles. The summed E-state index contributed by atoms with van der Waals surface area (Å²) in [6, 6.07) is 6.33. The fraction of sp³-hybridized carbons (Fsp3) is 0.611. The monoisotopic (exact) mass is 336 g/mol. The standard InChI is InChI=1S/C18H22ClFN2O/c1-10-4-14-9-15(5-10)22(14)18(23)21-13-2-3-17(19)16(8-13)11-6-12(20)7-11/h2-3,8,10-12,14-15H,4-7,9H2,1H3,(H,21,23)/t10?,11-,12+,14?,15?. The summed E-state index contributed by atoms with van der Waals surface area (Å²) in [4.78, 5) is 14.5. The van der Waals surface area contributed by atoms with Crippen LogP contribution in [0.2, 0.25) is 5.02 Å². The number of benzene rings is 1. The molecule has 4 aliphatic rings. The van der Waals surface area contributed by atoms with Crippen molar-refractivity contribution >= 4 is 23.3 Å². The SMILES string of the molecule is CC1CC2CC(C1)N2C(=O)Nc1ccc(Cl)c([C@H]2C[C@@H](F)C2)c1. The van der Waals surface area contributed by atoms with E-state index in [0.717, 1.165) is 36.4 Å². The predicted molar refractivity (Wildman–Crippen MR) is 89.8 cm³/mol. The van der Waals surface area contributed by atoms with Gasteiger partial charge in [-0.05, 0) is 67.7 Å². The maximum atomic E-state index is 13.1. The van der Waals surface area contributed by atoms with Crippen LogP contribution in [0.25, 0.3) is 0 Å². The molecule has 1 aromatic rings. The molecule has 5 rings (SSSR count). The molecule has 0 radical (unpaired) electrons. The van der Waals surface area contributed by atoms with Gasteiger partial charge < -0.3 is 10.2 Å². The lowest BCUT2D eigenvalue weighted by molar-refractivity contribution is -0.00601. The summed E-state index contributed by atoms with van der Waals surface area (Å²) in [5.74, 6) is 0.899. The Morgan fingerprint density at radius 1 is 1.22 bits per heavy atom. The molecule has 2 aliphatic heterocycles. The van der Waals surface area contributed by atoms with Gasteiger partial charge in [0.1, 0.15) is 6.17 Å². The molecule has 0 spiro atoms. The number of urea groups is 1. The van der Waals surface area contributed by atoms with E-state index in [1.54, 1.807) is 6.07 Å². The number of rotatable bonds is 2. The van der Waals surface area contributed by atoms with E-state index < -0.39 is 6.17 Å². The van der Waals surface area contributed by atoms with Gasteiger partial charge in [-0.25, -0.2) is 9.18 Å². The summed E-state index contributed by atoms with van der Waals surface area (Å²) in [6.07, 6.45) is 3.71. The molecule has 3 nitrogen and oxygen atoms in total. The minimum atomic E-state index is -0.711. The summed E-state index contributed by atoms with van der Waals surface area (Å²) >= 11 is 6.24. The fourth-order valence-electron chi connectivity index (χ4n) is 4.40. The van der Waals surface area contributed by atoms with Crippen LogP contribution in [0, 0.1) is 5.92 Å². The number of piperidine rings is 1. The number of alkyl halides is 1. The van der Waals surface area contributed by atoms with E-state index >= 15 is 0 Å². The number of hydrogen-bond acceptors (Lipinski definition) is 1. The van der Waals surface area contributed by atoms with Crippen molar-refractivity contribution in [3.05, 3.63) is 28.8 Å². The maximum Gasteiger partial charge on any atom is 0.322 e. The Balaban J connectivity index is 1.45. The highest BCUT2D eigenvalue weighted by molar-refractivity contribution is 6.31. The van der Waals surface area contributed by atoms with Crippen molar-refractivity contribution in [2.24, 2.45) is 5.92 Å². The van der Waals surface area contributed by atoms with Crippen LogP contribution in [-0.4, -0.2) is 29.2 Å². The zero-order valence-electron chi connectivity index (χ0n) is 13.3. The number of anilines is 1. The third-order valence-corrected chi connectivity index (χ3v) is 6.03. The van der Waals surface area contributed by atoms with Crippen molar-refractivity contribution in [3.63, 3.8) is 0 Å². The molecule has 0 aromatic heterocycles. The van der Waals surface area contributed by atoms with Crippen molar-refractivity contribution in [2.75, 3.05) is 5.32 Å². The van der Waals surface area contributed by atoms with Gasteiger partial charge in [-0.2, -0.15) is 0 Å². The molecule has 2 amide bonds. The van der Waals surface area contributed by atoms with E-state index in [2.05, 4.69) is 12.2 Å². The van der Waals surface area contributed by atoms with Gasteiger partial charge in [0.2, 0.25) is 0 Å². The van der Waals surface area contributed by atoms with Gasteiger partial charge >= 0.3 is 6.03 Å². The van der Waals surface area contributed by atoms with Crippen molar-refractivity contribution in [2.45, 2.75) is 63.2 Å². The average Bonchev–Trinajstić information content (AvgIpc) is 2.45. The number of hydrogen-bond donors (Lipinski definition) is 1. The van der Waals surface area contributed by atoms with E-state index in [0.29, 0.717) is 29.9 Å². The number of carbonyl (C=O) groups is 1. The normalized spacial score (nSPS) is 35.3. The van der Waals surface area contributed by atoms with Crippen LogP contribution < -0.4 is 5.32 Å². The molecule has 2 atom stereocenters. The van der Waals surface area contributed by atoms with E-state index in [4.69, 9.17) is 11.6 Å². The zero-order valence-corrected chi connectivity index (χ0v) is 14.0. The number of carbonyl (C=O) groups excluding carboxylic acids is 1. The molecule has 1 N–H and O–H groups in total. The molecule has 2 saturated heterocycles. The van der Waals surface area contributed by atoms with Gasteiger partial charge in [-0.15, -0.1) is 0 Å². The van der Waals surface area contributed by atoms with Crippen LogP contribution in [0.3, 0.4) is 0 Å². The van der Waals surface area contributed by atoms with Crippen LogP contribution in [0.1, 0.15) is 50.5 Å². The molecule has 2 saturated carbocycles. The van der Waals surface area contributed by atoms with Crippen LogP contribution >= 0.6 is 11.6 Å². The highest BCUT2D eigenvalue weighted by atomic mass is 35.5. The Morgan fingerprint density at radius 3 is 2.57 bits per heavy atom. The van der Waals surface area contributed by atoms with Gasteiger partial charge in [-0.3, -0.25) is 0 Å². The Morgan fingerprint density at radius 2 is 1.91 bits per heavy atom. The second-order valence-electron chi connectivity index (χ2n) is 7.46. The van der Waals surface area contributed by atoms with Gasteiger partial charge in [0.25, 0.3) is 0 Å². The summed E-state index contributed by atoms with van der Waals surface area (Å²) in [5, 5.41) is 3.67. The summed E-state index contributed by atoms with van der Waals surface area (Å²) < 4.78 is 13.1. The lowest BCUT2D eigenvalue weighted by Gasteiger charge is -2.54. The lowest BCUT2D eigenvalue weighted by Crippen LogP contribution is -2.63. The number of nitrogens with zero attached hydrogens (tertiary/aromatic N) is 1. The maximum absolute atomic E-state index is 13.1. The van der Waals surface area contributed by atoms with Crippen molar-refractivity contribution < 1.29 is 9.18 Å². The molecule has 5 heteroatoms. The van der Waals surface area contributed by atoms with E-state index in [9.17, 15) is 9.18 Å². The first-order chi connectivity index (χ1) is 11.0. The van der Waals surface area contributed by atoms with E-state index in [1.807, 2.05) is 17.0 Å². The van der Waals surface area contributed by atoms with E-state index in [1.165, 1.54) is 0 Å². The second-order valence-corrected chi connectivity index (χ2v) is 7.87. The minimum Gasteiger partial charge on any atom is -0.318 e. The molecular formula is C18H22ClFN2O. The van der Waals surface area contributed by atoms with Gasteiger partial charge in [0, 0.05) is 22.8 Å². The molecule has 2 unspecified atom stereocenters. The number of halogens is 2. The molecule has 124 valence electrons. The Labute approximate surface area is 141 Å². The van der Waals surface area contributed by atoms with Crippen molar-refractivity contribution in [1.29, 1.82) is 0 Å². The topological polar surface area (TPSA) is 32.3 Å². The van der Waals surface area contributed by atoms with Crippen LogP contribution in [0.4, 0.5) is 14.9 Å². The third-order valence-electron chi connectivity index (χ3n) is 5.68. The van der Waals surface area contributed by atoms with Gasteiger partial charge in [0.15, 0.2) is 0 Å². The molecule has 2 bridgehead atoms. The molecule has 23 heavy (non-hydrogen) atoms. The van der Waals surface area contributed by atoms with Gasteiger partial charge in [0.05, 0.1) is 0 Å². The number of fused-ring (bicyclic) bond motifs is 2. The second kappa shape index (κ2) is 5.66. The first kappa shape index (κ1) is 15.3. The molecule has 2 heterocycles. The summed E-state index contributed by atoms with van der Waals surface area (Å²) in [5.41, 5.74) is 1.71. The Bertz CT molecular complexity index is 619. The smallest absolute Gasteiger partial charge is 0.318 e. The highest BCUT2D eigenvalue weighted by Gasteiger charge is 2.46. The van der Waals surface area contributed by atoms with Crippen LogP contribution in [0.15, 0.2) is 18.2 Å². The highest BCUT2D eigenvalue weighted by Crippen LogP contribution is 2.43.